The van der Waals surface area contributed by atoms with Gasteiger partial charge in [0, 0.05) is 43.5 Å². The third-order valence-electron chi connectivity index (χ3n) is 4.28. The largest absolute Gasteiger partial charge is 0.355 e. The molecule has 4 rings (SSSR count). The van der Waals surface area contributed by atoms with Crippen molar-refractivity contribution in [3.05, 3.63) is 72.1 Å². The van der Waals surface area contributed by atoms with E-state index in [2.05, 4.69) is 10.3 Å². The number of benzene rings is 2. The molecule has 26 heavy (non-hydrogen) atoms. The highest BCUT2D eigenvalue weighted by atomic mass is 16.5. The lowest BCUT2D eigenvalue weighted by molar-refractivity contribution is 0.0785. The summed E-state index contributed by atoms with van der Waals surface area (Å²) in [4.78, 5) is 14.5. The minimum atomic E-state index is -0.0593. The van der Waals surface area contributed by atoms with Crippen LogP contribution in [-0.2, 0) is 13.6 Å². The third kappa shape index (κ3) is 2.97. The van der Waals surface area contributed by atoms with Gasteiger partial charge in [-0.3, -0.25) is 9.48 Å². The summed E-state index contributed by atoms with van der Waals surface area (Å²) < 4.78 is 7.23. The first kappa shape index (κ1) is 16.1. The lowest BCUT2D eigenvalue weighted by atomic mass is 10.1. The van der Waals surface area contributed by atoms with Crippen molar-refractivity contribution in [1.29, 1.82) is 0 Å². The molecule has 0 aliphatic rings. The van der Waals surface area contributed by atoms with E-state index in [0.29, 0.717) is 17.9 Å². The Hall–Kier alpha value is -3.41. The van der Waals surface area contributed by atoms with Crippen LogP contribution in [0.15, 0.2) is 65.4 Å². The van der Waals surface area contributed by atoms with Crippen LogP contribution in [0.1, 0.15) is 15.9 Å². The first-order chi connectivity index (χ1) is 12.6. The Morgan fingerprint density at radius 2 is 2.00 bits per heavy atom. The van der Waals surface area contributed by atoms with E-state index in [9.17, 15) is 4.79 Å². The molecule has 0 atom stereocenters. The topological polar surface area (TPSA) is 64.2 Å². The van der Waals surface area contributed by atoms with Crippen molar-refractivity contribution in [2.75, 3.05) is 7.05 Å². The van der Waals surface area contributed by atoms with Gasteiger partial charge in [-0.25, -0.2) is 0 Å². The van der Waals surface area contributed by atoms with E-state index in [0.717, 1.165) is 22.0 Å². The van der Waals surface area contributed by atoms with E-state index in [4.69, 9.17) is 4.52 Å². The van der Waals surface area contributed by atoms with Gasteiger partial charge >= 0.3 is 0 Å². The smallest absolute Gasteiger partial charge is 0.253 e. The Bertz CT molecular complexity index is 1070. The lowest BCUT2D eigenvalue weighted by Gasteiger charge is -2.16. The van der Waals surface area contributed by atoms with Gasteiger partial charge in [-0.2, -0.15) is 5.10 Å². The van der Waals surface area contributed by atoms with Crippen LogP contribution in [0.2, 0.25) is 0 Å². The van der Waals surface area contributed by atoms with Crippen molar-refractivity contribution >= 4 is 16.8 Å². The van der Waals surface area contributed by atoms with E-state index in [1.807, 2.05) is 55.7 Å². The highest BCUT2D eigenvalue weighted by Crippen LogP contribution is 2.29. The molecule has 1 amide bonds. The Morgan fingerprint density at radius 3 is 2.73 bits per heavy atom. The zero-order chi connectivity index (χ0) is 18.1. The zero-order valence-electron chi connectivity index (χ0n) is 14.6. The number of aromatic nitrogens is 3. The van der Waals surface area contributed by atoms with Crippen molar-refractivity contribution in [3.8, 4) is 11.3 Å². The predicted molar refractivity (Wildman–Crippen MR) is 98.5 cm³/mol. The number of nitrogens with zero attached hydrogens (tertiary/aromatic N) is 4. The zero-order valence-corrected chi connectivity index (χ0v) is 14.6. The molecular weight excluding hydrogens is 328 g/mol. The standard InChI is InChI=1S/C20H18N4O2/c1-23(12-14-11-21-24(2)13-14)20(25)16-8-9-18-17(10-16)19(26-22-18)15-6-4-3-5-7-15/h3-11,13H,12H2,1-2H3. The van der Waals surface area contributed by atoms with Gasteiger partial charge in [0.05, 0.1) is 11.6 Å². The maximum absolute atomic E-state index is 12.8. The molecule has 0 aliphatic carbocycles. The quantitative estimate of drug-likeness (QED) is 0.567. The fourth-order valence-electron chi connectivity index (χ4n) is 2.99. The summed E-state index contributed by atoms with van der Waals surface area (Å²) in [5.74, 6) is 0.612. The molecule has 0 radical (unpaired) electrons. The number of aryl methyl sites for hydroxylation is 1. The summed E-state index contributed by atoms with van der Waals surface area (Å²) in [5, 5.41) is 9.07. The molecule has 2 aromatic carbocycles. The second-order valence-electron chi connectivity index (χ2n) is 6.29. The molecule has 2 heterocycles. The van der Waals surface area contributed by atoms with E-state index < -0.39 is 0 Å². The van der Waals surface area contributed by atoms with Crippen LogP contribution in [0.3, 0.4) is 0 Å². The molecule has 0 saturated heterocycles. The molecule has 130 valence electrons. The number of amides is 1. The molecule has 6 nitrogen and oxygen atoms in total. The second-order valence-corrected chi connectivity index (χ2v) is 6.29. The number of fused-ring (bicyclic) bond motifs is 1. The van der Waals surface area contributed by atoms with Gasteiger partial charge in [0.2, 0.25) is 0 Å². The summed E-state index contributed by atoms with van der Waals surface area (Å²) >= 11 is 0. The summed E-state index contributed by atoms with van der Waals surface area (Å²) in [6.45, 7) is 0.500. The number of rotatable bonds is 4. The predicted octanol–water partition coefficient (Wildman–Crippen LogP) is 3.50. The van der Waals surface area contributed by atoms with Gasteiger partial charge in [0.25, 0.3) is 5.91 Å². The number of carbonyl (C=O) groups excluding carboxylic acids is 1. The molecule has 0 saturated carbocycles. The highest BCUT2D eigenvalue weighted by molar-refractivity contribution is 6.00. The molecular formula is C20H18N4O2. The first-order valence-corrected chi connectivity index (χ1v) is 8.29. The van der Waals surface area contributed by atoms with Crippen molar-refractivity contribution < 1.29 is 9.32 Å². The maximum atomic E-state index is 12.8. The first-order valence-electron chi connectivity index (χ1n) is 8.29. The van der Waals surface area contributed by atoms with Gasteiger partial charge in [0.1, 0.15) is 5.52 Å². The van der Waals surface area contributed by atoms with Gasteiger partial charge < -0.3 is 9.42 Å². The van der Waals surface area contributed by atoms with Crippen LogP contribution in [0.4, 0.5) is 0 Å². The van der Waals surface area contributed by atoms with Crippen molar-refractivity contribution in [2.24, 2.45) is 7.05 Å². The molecule has 0 unspecified atom stereocenters. The van der Waals surface area contributed by atoms with Gasteiger partial charge in [0.15, 0.2) is 5.76 Å². The average molecular weight is 346 g/mol. The minimum Gasteiger partial charge on any atom is -0.355 e. The second kappa shape index (κ2) is 6.48. The van der Waals surface area contributed by atoms with Gasteiger partial charge in [-0.15, -0.1) is 0 Å². The average Bonchev–Trinajstić information content (AvgIpc) is 3.27. The van der Waals surface area contributed by atoms with Crippen LogP contribution in [0.25, 0.3) is 22.2 Å². The van der Waals surface area contributed by atoms with Crippen LogP contribution < -0.4 is 0 Å². The maximum Gasteiger partial charge on any atom is 0.253 e. The van der Waals surface area contributed by atoms with Crippen molar-refractivity contribution in [3.63, 3.8) is 0 Å². The highest BCUT2D eigenvalue weighted by Gasteiger charge is 2.17. The normalized spacial score (nSPS) is 11.0. The lowest BCUT2D eigenvalue weighted by Crippen LogP contribution is -2.26. The van der Waals surface area contributed by atoms with Gasteiger partial charge in [-0.1, -0.05) is 35.5 Å². The Labute approximate surface area is 150 Å². The number of carbonyl (C=O) groups is 1. The Balaban J connectivity index is 1.65. The summed E-state index contributed by atoms with van der Waals surface area (Å²) in [5.41, 5.74) is 3.25. The minimum absolute atomic E-state index is 0.0593. The number of hydrogen-bond donors (Lipinski definition) is 0. The molecule has 0 fully saturated rings. The molecule has 4 aromatic rings. The molecule has 0 spiro atoms. The van der Waals surface area contributed by atoms with E-state index in [1.165, 1.54) is 0 Å². The monoisotopic (exact) mass is 346 g/mol. The Morgan fingerprint density at radius 1 is 1.19 bits per heavy atom. The van der Waals surface area contributed by atoms with Crippen LogP contribution in [-0.4, -0.2) is 32.8 Å². The summed E-state index contributed by atoms with van der Waals surface area (Å²) in [6.07, 6.45) is 3.67. The molecule has 6 heteroatoms. The van der Waals surface area contributed by atoms with E-state index >= 15 is 0 Å². The van der Waals surface area contributed by atoms with Crippen LogP contribution >= 0.6 is 0 Å². The third-order valence-corrected chi connectivity index (χ3v) is 4.28. The fourth-order valence-corrected chi connectivity index (χ4v) is 2.99. The molecule has 0 bridgehead atoms. The van der Waals surface area contributed by atoms with E-state index in [-0.39, 0.29) is 5.91 Å². The van der Waals surface area contributed by atoms with Crippen LogP contribution in [0, 0.1) is 0 Å². The SMILES string of the molecule is CN(Cc1cnn(C)c1)C(=O)c1ccc2noc(-c3ccccc3)c2c1. The van der Waals surface area contributed by atoms with Crippen molar-refractivity contribution in [1.82, 2.24) is 19.8 Å². The summed E-state index contributed by atoms with van der Waals surface area (Å²) in [6, 6.07) is 15.2. The van der Waals surface area contributed by atoms with Crippen molar-refractivity contribution in [2.45, 2.75) is 6.54 Å². The number of hydrogen-bond acceptors (Lipinski definition) is 4. The van der Waals surface area contributed by atoms with Crippen LogP contribution in [0.5, 0.6) is 0 Å². The fraction of sp³-hybridized carbons (Fsp3) is 0.150. The molecule has 0 N–H and O–H groups in total. The summed E-state index contributed by atoms with van der Waals surface area (Å²) in [7, 11) is 3.64. The molecule has 2 aromatic heterocycles. The molecule has 0 aliphatic heterocycles. The van der Waals surface area contributed by atoms with Gasteiger partial charge in [-0.05, 0) is 18.2 Å². The van der Waals surface area contributed by atoms with E-state index in [1.54, 1.807) is 28.9 Å². The Kier molecular flexibility index (Phi) is 4.01.